The van der Waals surface area contributed by atoms with Gasteiger partial charge < -0.3 is 10.5 Å². The fourth-order valence-electron chi connectivity index (χ4n) is 3.42. The van der Waals surface area contributed by atoms with Gasteiger partial charge in [-0.15, -0.1) is 0 Å². The first-order valence-corrected chi connectivity index (χ1v) is 8.15. The molecule has 2 nitrogen and oxygen atoms in total. The molecule has 1 aliphatic heterocycles. The minimum atomic E-state index is -0.106. The van der Waals surface area contributed by atoms with Crippen molar-refractivity contribution in [2.75, 3.05) is 13.2 Å². The lowest BCUT2D eigenvalue weighted by molar-refractivity contribution is 0.194. The Morgan fingerprint density at radius 1 is 1.21 bits per heavy atom. The molecule has 2 fully saturated rings. The Labute approximate surface area is 123 Å². The highest BCUT2D eigenvalue weighted by Crippen LogP contribution is 2.38. The van der Waals surface area contributed by atoms with Crippen LogP contribution in [0.15, 0.2) is 22.7 Å². The third-order valence-corrected chi connectivity index (χ3v) is 5.38. The molecule has 3 rings (SSSR count). The van der Waals surface area contributed by atoms with Crippen LogP contribution >= 0.6 is 15.9 Å². The lowest BCUT2D eigenvalue weighted by Gasteiger charge is -2.34. The van der Waals surface area contributed by atoms with Crippen molar-refractivity contribution in [3.8, 4) is 0 Å². The topological polar surface area (TPSA) is 35.2 Å². The number of benzene rings is 1. The molecule has 1 aromatic carbocycles. The molecular weight excluding hydrogens is 302 g/mol. The maximum absolute atomic E-state index is 6.61. The Balaban J connectivity index is 1.86. The highest BCUT2D eigenvalue weighted by atomic mass is 79.9. The molecule has 0 amide bonds. The highest BCUT2D eigenvalue weighted by Gasteiger charge is 2.30. The van der Waals surface area contributed by atoms with Gasteiger partial charge in [0.2, 0.25) is 0 Å². The van der Waals surface area contributed by atoms with Crippen LogP contribution in [0.2, 0.25) is 0 Å². The third kappa shape index (κ3) is 2.74. The molecule has 1 unspecified atom stereocenters. The fraction of sp³-hybridized carbons (Fsp3) is 0.625. The van der Waals surface area contributed by atoms with Crippen molar-refractivity contribution in [3.63, 3.8) is 0 Å². The molecule has 0 radical (unpaired) electrons. The Bertz CT molecular complexity index is 448. The molecular formula is C16H22BrNO. The lowest BCUT2D eigenvalue weighted by atomic mass is 9.77. The molecule has 1 aliphatic carbocycles. The zero-order valence-electron chi connectivity index (χ0n) is 11.3. The maximum atomic E-state index is 6.61. The Morgan fingerprint density at radius 2 is 2.00 bits per heavy atom. The second-order valence-corrected chi connectivity index (χ2v) is 6.87. The summed E-state index contributed by atoms with van der Waals surface area (Å²) >= 11 is 3.74. The van der Waals surface area contributed by atoms with Gasteiger partial charge in [0.05, 0.1) is 6.61 Å². The van der Waals surface area contributed by atoms with E-state index in [1.807, 2.05) is 0 Å². The standard InChI is InChI=1S/C16H22BrNO/c17-15-10-13(16(18)7-2-1-3-8-16)4-5-14(15)12-6-9-19-11-12/h4-5,10,12H,1-3,6-9,11,18H2. The molecule has 2 N–H and O–H groups in total. The van der Waals surface area contributed by atoms with Crippen LogP contribution in [0.25, 0.3) is 0 Å². The van der Waals surface area contributed by atoms with Gasteiger partial charge in [-0.3, -0.25) is 0 Å². The Kier molecular flexibility index (Phi) is 3.97. The Morgan fingerprint density at radius 3 is 2.63 bits per heavy atom. The molecule has 3 heteroatoms. The van der Waals surface area contributed by atoms with E-state index in [4.69, 9.17) is 10.5 Å². The summed E-state index contributed by atoms with van der Waals surface area (Å²) in [4.78, 5) is 0. The fourth-order valence-corrected chi connectivity index (χ4v) is 4.12. The van der Waals surface area contributed by atoms with Gasteiger partial charge in [-0.25, -0.2) is 0 Å². The summed E-state index contributed by atoms with van der Waals surface area (Å²) < 4.78 is 6.69. The number of halogens is 1. The van der Waals surface area contributed by atoms with Crippen LogP contribution in [0.1, 0.15) is 55.6 Å². The van der Waals surface area contributed by atoms with Gasteiger partial charge in [-0.2, -0.15) is 0 Å². The summed E-state index contributed by atoms with van der Waals surface area (Å²) in [5, 5.41) is 0. The van der Waals surface area contributed by atoms with Crippen LogP contribution in [-0.2, 0) is 10.3 Å². The van der Waals surface area contributed by atoms with E-state index in [1.54, 1.807) is 0 Å². The van der Waals surface area contributed by atoms with E-state index in [0.717, 1.165) is 32.5 Å². The van der Waals surface area contributed by atoms with Gasteiger partial charge in [0.15, 0.2) is 0 Å². The molecule has 0 spiro atoms. The average molecular weight is 324 g/mol. The van der Waals surface area contributed by atoms with Crippen LogP contribution < -0.4 is 5.73 Å². The monoisotopic (exact) mass is 323 g/mol. The molecule has 2 aliphatic rings. The predicted molar refractivity (Wildman–Crippen MR) is 81.3 cm³/mol. The van der Waals surface area contributed by atoms with Gasteiger partial charge in [0, 0.05) is 22.5 Å². The summed E-state index contributed by atoms with van der Waals surface area (Å²) in [5.74, 6) is 0.545. The zero-order chi connectivity index (χ0) is 13.3. The second-order valence-electron chi connectivity index (χ2n) is 6.01. The molecule has 1 heterocycles. The average Bonchev–Trinajstić information content (AvgIpc) is 2.93. The van der Waals surface area contributed by atoms with Crippen molar-refractivity contribution < 1.29 is 4.74 Å². The van der Waals surface area contributed by atoms with E-state index >= 15 is 0 Å². The molecule has 1 atom stereocenters. The maximum Gasteiger partial charge on any atom is 0.0535 e. The summed E-state index contributed by atoms with van der Waals surface area (Å²) in [6, 6.07) is 6.74. The van der Waals surface area contributed by atoms with Crippen LogP contribution in [0.5, 0.6) is 0 Å². The molecule has 1 aromatic rings. The van der Waals surface area contributed by atoms with Crippen molar-refractivity contribution in [1.29, 1.82) is 0 Å². The minimum Gasteiger partial charge on any atom is -0.381 e. The first-order chi connectivity index (χ1) is 9.19. The molecule has 1 saturated carbocycles. The second kappa shape index (κ2) is 5.55. The van der Waals surface area contributed by atoms with Gasteiger partial charge in [-0.05, 0) is 36.5 Å². The highest BCUT2D eigenvalue weighted by molar-refractivity contribution is 9.10. The van der Waals surface area contributed by atoms with Gasteiger partial charge >= 0.3 is 0 Å². The molecule has 19 heavy (non-hydrogen) atoms. The first-order valence-electron chi connectivity index (χ1n) is 7.36. The number of ether oxygens (including phenoxy) is 1. The summed E-state index contributed by atoms with van der Waals surface area (Å²) in [6.45, 7) is 1.74. The largest absolute Gasteiger partial charge is 0.381 e. The van der Waals surface area contributed by atoms with E-state index < -0.39 is 0 Å². The number of nitrogens with two attached hydrogens (primary N) is 1. The number of hydrogen-bond acceptors (Lipinski definition) is 2. The van der Waals surface area contributed by atoms with Gasteiger partial charge in [0.1, 0.15) is 0 Å². The van der Waals surface area contributed by atoms with E-state index in [0.29, 0.717) is 5.92 Å². The van der Waals surface area contributed by atoms with E-state index in [2.05, 4.69) is 34.1 Å². The van der Waals surface area contributed by atoms with Crippen LogP contribution in [0, 0.1) is 0 Å². The smallest absolute Gasteiger partial charge is 0.0535 e. The predicted octanol–water partition coefficient (Wildman–Crippen LogP) is 4.07. The third-order valence-electron chi connectivity index (χ3n) is 4.69. The SMILES string of the molecule is NC1(c2ccc(C3CCOC3)c(Br)c2)CCCCC1. The van der Waals surface area contributed by atoms with Crippen molar-refractivity contribution in [1.82, 2.24) is 0 Å². The quantitative estimate of drug-likeness (QED) is 0.890. The molecule has 1 saturated heterocycles. The minimum absolute atomic E-state index is 0.106. The molecule has 0 aromatic heterocycles. The molecule has 104 valence electrons. The van der Waals surface area contributed by atoms with E-state index in [-0.39, 0.29) is 5.54 Å². The first kappa shape index (κ1) is 13.6. The number of hydrogen-bond donors (Lipinski definition) is 1. The van der Waals surface area contributed by atoms with Gasteiger partial charge in [-0.1, -0.05) is 47.3 Å². The van der Waals surface area contributed by atoms with E-state index in [9.17, 15) is 0 Å². The van der Waals surface area contributed by atoms with Crippen molar-refractivity contribution in [3.05, 3.63) is 33.8 Å². The van der Waals surface area contributed by atoms with Gasteiger partial charge in [0.25, 0.3) is 0 Å². The summed E-state index contributed by atoms with van der Waals surface area (Å²) in [5.41, 5.74) is 9.17. The van der Waals surface area contributed by atoms with Crippen LogP contribution in [0.4, 0.5) is 0 Å². The van der Waals surface area contributed by atoms with E-state index in [1.165, 1.54) is 34.9 Å². The lowest BCUT2D eigenvalue weighted by Crippen LogP contribution is -2.38. The Hall–Kier alpha value is -0.380. The summed E-state index contributed by atoms with van der Waals surface area (Å²) in [6.07, 6.45) is 7.21. The number of rotatable bonds is 2. The zero-order valence-corrected chi connectivity index (χ0v) is 12.9. The van der Waals surface area contributed by atoms with Crippen molar-refractivity contribution >= 4 is 15.9 Å². The normalized spacial score (nSPS) is 26.5. The van der Waals surface area contributed by atoms with Crippen LogP contribution in [-0.4, -0.2) is 13.2 Å². The van der Waals surface area contributed by atoms with Crippen LogP contribution in [0.3, 0.4) is 0 Å². The van der Waals surface area contributed by atoms with Crippen molar-refractivity contribution in [2.45, 2.75) is 50.0 Å². The molecule has 0 bridgehead atoms. The summed E-state index contributed by atoms with van der Waals surface area (Å²) in [7, 11) is 0. The van der Waals surface area contributed by atoms with Crippen molar-refractivity contribution in [2.24, 2.45) is 5.73 Å².